The first-order valence-corrected chi connectivity index (χ1v) is 9.44. The van der Waals surface area contributed by atoms with E-state index in [-0.39, 0.29) is 23.6 Å². The van der Waals surface area contributed by atoms with Crippen LogP contribution in [0.15, 0.2) is 40.3 Å². The molecule has 146 valence electrons. The van der Waals surface area contributed by atoms with Gasteiger partial charge in [-0.15, -0.1) is 10.2 Å². The lowest BCUT2D eigenvalue weighted by atomic mass is 10.3. The van der Waals surface area contributed by atoms with Gasteiger partial charge in [-0.3, -0.25) is 14.2 Å². The van der Waals surface area contributed by atoms with Crippen LogP contribution in [0, 0.1) is 6.92 Å². The summed E-state index contributed by atoms with van der Waals surface area (Å²) in [5.74, 6) is 1.20. The molecule has 0 bridgehead atoms. The van der Waals surface area contributed by atoms with Crippen molar-refractivity contribution in [2.75, 3.05) is 11.1 Å². The van der Waals surface area contributed by atoms with E-state index in [1.807, 2.05) is 13.8 Å². The molecular weight excluding hydrogens is 382 g/mol. The van der Waals surface area contributed by atoms with E-state index >= 15 is 0 Å². The predicted octanol–water partition coefficient (Wildman–Crippen LogP) is 1.83. The van der Waals surface area contributed by atoms with Gasteiger partial charge in [-0.2, -0.15) is 0 Å². The van der Waals surface area contributed by atoms with Gasteiger partial charge in [0.25, 0.3) is 5.91 Å². The first kappa shape index (κ1) is 19.5. The average molecular weight is 401 g/mol. The Balaban J connectivity index is 1.55. The second kappa shape index (κ2) is 8.65. The Bertz CT molecular complexity index is 965. The Morgan fingerprint density at radius 1 is 1.29 bits per heavy atom. The molecule has 0 radical (unpaired) electrons. The molecule has 3 heterocycles. The van der Waals surface area contributed by atoms with Crippen LogP contribution in [0.25, 0.3) is 5.82 Å². The lowest BCUT2D eigenvalue weighted by Crippen LogP contribution is -2.30. The molecule has 3 aromatic rings. The number of hydrogen-bond acceptors (Lipinski definition) is 8. The zero-order valence-electron chi connectivity index (χ0n) is 15.5. The van der Waals surface area contributed by atoms with Crippen LogP contribution < -0.4 is 10.6 Å². The number of rotatable bonds is 7. The SMILES string of the molecule is Cc1cc(NC(=O)CSc2ccc(-n3cnc(C(=O)NC(C)C)c3)nn2)no1. The minimum Gasteiger partial charge on any atom is -0.360 e. The standard InChI is InChI=1S/C17H19N7O3S/c1-10(2)19-17(26)12-7-24(9-18-12)14-4-5-16(22-21-14)28-8-15(25)20-13-6-11(3)27-23-13/h4-7,9-10H,8H2,1-3H3,(H,19,26)(H,20,23,25). The van der Waals surface area contributed by atoms with Gasteiger partial charge in [0.2, 0.25) is 5.91 Å². The molecule has 0 saturated carbocycles. The van der Waals surface area contributed by atoms with Crippen LogP contribution in [-0.4, -0.2) is 48.5 Å². The van der Waals surface area contributed by atoms with Crippen LogP contribution in [0.5, 0.6) is 0 Å². The molecule has 10 nitrogen and oxygen atoms in total. The Kier molecular flexibility index (Phi) is 6.04. The molecule has 0 atom stereocenters. The number of anilines is 1. The van der Waals surface area contributed by atoms with Gasteiger partial charge in [-0.1, -0.05) is 16.9 Å². The van der Waals surface area contributed by atoms with Gasteiger partial charge in [-0.05, 0) is 32.9 Å². The lowest BCUT2D eigenvalue weighted by Gasteiger charge is -2.05. The topological polar surface area (TPSA) is 128 Å². The summed E-state index contributed by atoms with van der Waals surface area (Å²) >= 11 is 1.24. The Morgan fingerprint density at radius 3 is 2.75 bits per heavy atom. The average Bonchev–Trinajstić information content (AvgIpc) is 3.29. The van der Waals surface area contributed by atoms with Gasteiger partial charge in [0.1, 0.15) is 22.8 Å². The summed E-state index contributed by atoms with van der Waals surface area (Å²) in [6.45, 7) is 5.50. The Hall–Kier alpha value is -3.21. The van der Waals surface area contributed by atoms with Gasteiger partial charge < -0.3 is 15.2 Å². The summed E-state index contributed by atoms with van der Waals surface area (Å²) in [6, 6.07) is 5.14. The maximum absolute atomic E-state index is 12.0. The number of nitrogens with zero attached hydrogens (tertiary/aromatic N) is 5. The van der Waals surface area contributed by atoms with Crippen LogP contribution in [0.4, 0.5) is 5.82 Å². The van der Waals surface area contributed by atoms with Crippen molar-refractivity contribution in [3.8, 4) is 5.82 Å². The second-order valence-electron chi connectivity index (χ2n) is 6.18. The van der Waals surface area contributed by atoms with Gasteiger partial charge in [0, 0.05) is 18.3 Å². The molecule has 0 aliphatic rings. The minimum absolute atomic E-state index is 0.0271. The molecular formula is C17H19N7O3S. The number of nitrogens with one attached hydrogen (secondary N) is 2. The van der Waals surface area contributed by atoms with Crippen molar-refractivity contribution in [3.05, 3.63) is 42.2 Å². The largest absolute Gasteiger partial charge is 0.360 e. The summed E-state index contributed by atoms with van der Waals surface area (Å²) in [5.41, 5.74) is 0.300. The zero-order chi connectivity index (χ0) is 20.1. The molecule has 11 heteroatoms. The van der Waals surface area contributed by atoms with E-state index in [9.17, 15) is 9.59 Å². The van der Waals surface area contributed by atoms with Crippen molar-refractivity contribution < 1.29 is 14.1 Å². The fourth-order valence-electron chi connectivity index (χ4n) is 2.17. The van der Waals surface area contributed by atoms with E-state index in [0.717, 1.165) is 0 Å². The van der Waals surface area contributed by atoms with Crippen LogP contribution in [0.1, 0.15) is 30.1 Å². The van der Waals surface area contributed by atoms with E-state index in [0.29, 0.717) is 28.1 Å². The summed E-state index contributed by atoms with van der Waals surface area (Å²) in [5, 5.41) is 17.9. The van der Waals surface area contributed by atoms with E-state index in [4.69, 9.17) is 4.52 Å². The molecule has 0 spiro atoms. The molecule has 0 aliphatic carbocycles. The molecule has 3 aromatic heterocycles. The number of carbonyl (C=O) groups is 2. The normalized spacial score (nSPS) is 10.9. The number of carbonyl (C=O) groups excluding carboxylic acids is 2. The Morgan fingerprint density at radius 2 is 2.11 bits per heavy atom. The number of hydrogen-bond donors (Lipinski definition) is 2. The van der Waals surface area contributed by atoms with Crippen LogP contribution in [-0.2, 0) is 4.79 Å². The maximum Gasteiger partial charge on any atom is 0.271 e. The highest BCUT2D eigenvalue weighted by Crippen LogP contribution is 2.16. The lowest BCUT2D eigenvalue weighted by molar-refractivity contribution is -0.113. The number of aryl methyl sites for hydroxylation is 1. The third-order valence-electron chi connectivity index (χ3n) is 3.37. The molecule has 28 heavy (non-hydrogen) atoms. The van der Waals surface area contributed by atoms with Gasteiger partial charge in [0.05, 0.1) is 5.75 Å². The third-order valence-corrected chi connectivity index (χ3v) is 4.29. The summed E-state index contributed by atoms with van der Waals surface area (Å²) in [7, 11) is 0. The number of thioether (sulfide) groups is 1. The first-order valence-electron chi connectivity index (χ1n) is 8.45. The maximum atomic E-state index is 12.0. The molecule has 0 aromatic carbocycles. The molecule has 3 rings (SSSR count). The van der Waals surface area contributed by atoms with Crippen molar-refractivity contribution in [1.29, 1.82) is 0 Å². The number of amides is 2. The van der Waals surface area contributed by atoms with Crippen LogP contribution in [0.3, 0.4) is 0 Å². The molecule has 0 saturated heterocycles. The van der Waals surface area contributed by atoms with Crippen molar-refractivity contribution >= 4 is 29.4 Å². The van der Waals surface area contributed by atoms with Crippen molar-refractivity contribution in [2.45, 2.75) is 31.8 Å². The number of imidazole rings is 1. The van der Waals surface area contributed by atoms with E-state index in [1.54, 1.807) is 35.9 Å². The van der Waals surface area contributed by atoms with Gasteiger partial charge in [0.15, 0.2) is 11.6 Å². The molecule has 0 fully saturated rings. The first-order chi connectivity index (χ1) is 13.4. The van der Waals surface area contributed by atoms with E-state index in [1.165, 1.54) is 18.1 Å². The Labute approximate surface area is 165 Å². The molecule has 0 aliphatic heterocycles. The van der Waals surface area contributed by atoms with Crippen molar-refractivity contribution in [3.63, 3.8) is 0 Å². The summed E-state index contributed by atoms with van der Waals surface area (Å²) < 4.78 is 6.50. The number of aromatic nitrogens is 5. The monoisotopic (exact) mass is 401 g/mol. The van der Waals surface area contributed by atoms with Crippen LogP contribution in [0.2, 0.25) is 0 Å². The van der Waals surface area contributed by atoms with Crippen molar-refractivity contribution in [1.82, 2.24) is 30.2 Å². The van der Waals surface area contributed by atoms with Crippen LogP contribution >= 0.6 is 11.8 Å². The highest BCUT2D eigenvalue weighted by molar-refractivity contribution is 7.99. The molecule has 2 amide bonds. The van der Waals surface area contributed by atoms with E-state index < -0.39 is 0 Å². The highest BCUT2D eigenvalue weighted by Gasteiger charge is 2.12. The highest BCUT2D eigenvalue weighted by atomic mass is 32.2. The fraction of sp³-hybridized carbons (Fsp3) is 0.294. The summed E-state index contributed by atoms with van der Waals surface area (Å²) in [4.78, 5) is 28.0. The van der Waals surface area contributed by atoms with E-state index in [2.05, 4.69) is 31.0 Å². The van der Waals surface area contributed by atoms with Gasteiger partial charge in [-0.25, -0.2) is 4.98 Å². The predicted molar refractivity (Wildman–Crippen MR) is 102 cm³/mol. The fourth-order valence-corrected chi connectivity index (χ4v) is 2.79. The third kappa shape index (κ3) is 5.16. The van der Waals surface area contributed by atoms with Crippen molar-refractivity contribution in [2.24, 2.45) is 0 Å². The molecule has 2 N–H and O–H groups in total. The quantitative estimate of drug-likeness (QED) is 0.574. The smallest absolute Gasteiger partial charge is 0.271 e. The van der Waals surface area contributed by atoms with Gasteiger partial charge >= 0.3 is 0 Å². The zero-order valence-corrected chi connectivity index (χ0v) is 16.4. The summed E-state index contributed by atoms with van der Waals surface area (Å²) in [6.07, 6.45) is 3.08. The second-order valence-corrected chi connectivity index (χ2v) is 7.18. The molecule has 0 unspecified atom stereocenters. The minimum atomic E-state index is -0.248.